The molecule has 0 fully saturated rings. The van der Waals surface area contributed by atoms with Crippen molar-refractivity contribution in [1.82, 2.24) is 34.6 Å². The summed E-state index contributed by atoms with van der Waals surface area (Å²) in [7, 11) is 0. The lowest BCUT2D eigenvalue weighted by Crippen LogP contribution is -2.14. The fourth-order valence-electron chi connectivity index (χ4n) is 3.27. The Hall–Kier alpha value is -4.53. The van der Waals surface area contributed by atoms with E-state index in [2.05, 4.69) is 36.8 Å². The largest absolute Gasteiger partial charge is 0.364 e. The first-order valence-electron chi connectivity index (χ1n) is 9.65. The summed E-state index contributed by atoms with van der Waals surface area (Å²) >= 11 is 12.5. The lowest BCUT2D eigenvalue weighted by Gasteiger charge is -2.06. The van der Waals surface area contributed by atoms with Crippen molar-refractivity contribution in [3.63, 3.8) is 0 Å². The van der Waals surface area contributed by atoms with Crippen LogP contribution in [0.2, 0.25) is 10.0 Å². The highest BCUT2D eigenvalue weighted by Crippen LogP contribution is 2.29. The van der Waals surface area contributed by atoms with Gasteiger partial charge in [0.05, 0.1) is 21.9 Å². The van der Waals surface area contributed by atoms with Crippen molar-refractivity contribution in [1.29, 1.82) is 5.26 Å². The lowest BCUT2D eigenvalue weighted by atomic mass is 10.3. The number of halogens is 2. The molecule has 1 amide bonds. The molecule has 166 valence electrons. The number of nitrogens with one attached hydrogen (secondary N) is 1. The smallest absolute Gasteiger partial charge is 0.273 e. The van der Waals surface area contributed by atoms with E-state index in [1.165, 1.54) is 6.20 Å². The standard InChI is InChI=1S/C21H12Cl2N10O/c22-13-4-2-5-14(23)18(13)33-30-17(19(25)34)20(31-33)27-11-7-8-15(26-10-11)21-29-28-16-6-1-3-12(9-24)32(16)21/h1-8,10H,(H2,25,34)(H,27,31). The maximum absolute atomic E-state index is 12.0. The van der Waals surface area contributed by atoms with E-state index in [4.69, 9.17) is 28.9 Å². The Bertz CT molecular complexity index is 1580. The number of nitriles is 1. The number of anilines is 2. The van der Waals surface area contributed by atoms with Gasteiger partial charge >= 0.3 is 0 Å². The molecule has 0 radical (unpaired) electrons. The van der Waals surface area contributed by atoms with Crippen molar-refractivity contribution in [2.75, 3.05) is 5.32 Å². The monoisotopic (exact) mass is 490 g/mol. The number of carbonyl (C=O) groups is 1. The summed E-state index contributed by atoms with van der Waals surface area (Å²) in [6.45, 7) is 0. The van der Waals surface area contributed by atoms with Crippen molar-refractivity contribution in [2.45, 2.75) is 0 Å². The number of amides is 1. The van der Waals surface area contributed by atoms with Gasteiger partial charge in [-0.2, -0.15) is 5.26 Å². The van der Waals surface area contributed by atoms with Crippen LogP contribution >= 0.6 is 23.2 Å². The topological polar surface area (TPSA) is 153 Å². The van der Waals surface area contributed by atoms with Gasteiger partial charge < -0.3 is 11.1 Å². The summed E-state index contributed by atoms with van der Waals surface area (Å²) in [5.41, 5.74) is 7.57. The highest BCUT2D eigenvalue weighted by molar-refractivity contribution is 6.37. The number of fused-ring (bicyclic) bond motifs is 1. The highest BCUT2D eigenvalue weighted by Gasteiger charge is 2.20. The predicted molar refractivity (Wildman–Crippen MR) is 124 cm³/mol. The second-order valence-corrected chi connectivity index (χ2v) is 7.73. The number of hydrogen-bond donors (Lipinski definition) is 2. The molecule has 0 saturated heterocycles. The van der Waals surface area contributed by atoms with Gasteiger partial charge in [-0.3, -0.25) is 14.2 Å². The zero-order valence-corrected chi connectivity index (χ0v) is 18.5. The Morgan fingerprint density at radius 2 is 1.79 bits per heavy atom. The first-order valence-corrected chi connectivity index (χ1v) is 10.4. The summed E-state index contributed by atoms with van der Waals surface area (Å²) in [4.78, 5) is 17.5. The van der Waals surface area contributed by atoms with E-state index in [9.17, 15) is 10.1 Å². The number of carbonyl (C=O) groups excluding carboxylic acids is 1. The van der Waals surface area contributed by atoms with Gasteiger partial charge in [0.1, 0.15) is 23.1 Å². The molecule has 1 aromatic carbocycles. The van der Waals surface area contributed by atoms with E-state index in [-0.39, 0.29) is 11.5 Å². The van der Waals surface area contributed by atoms with Crippen LogP contribution in [-0.2, 0) is 0 Å². The van der Waals surface area contributed by atoms with E-state index < -0.39 is 5.91 Å². The maximum Gasteiger partial charge on any atom is 0.273 e. The molecule has 11 nitrogen and oxygen atoms in total. The van der Waals surface area contributed by atoms with Gasteiger partial charge in [-0.1, -0.05) is 35.3 Å². The Balaban J connectivity index is 1.49. The zero-order chi connectivity index (χ0) is 23.8. The SMILES string of the molecule is N#Cc1cccc2nnc(-c3ccc(Nc4nn(-c5c(Cl)cccc5Cl)nc4C(N)=O)cn3)n12. The molecule has 0 unspecified atom stereocenters. The number of para-hydroxylation sites is 1. The first kappa shape index (κ1) is 21.3. The summed E-state index contributed by atoms with van der Waals surface area (Å²) < 4.78 is 1.61. The van der Waals surface area contributed by atoms with Crippen LogP contribution in [0.3, 0.4) is 0 Å². The van der Waals surface area contributed by atoms with Crippen LogP contribution in [0.15, 0.2) is 54.7 Å². The van der Waals surface area contributed by atoms with Crippen LogP contribution in [0.25, 0.3) is 22.9 Å². The maximum atomic E-state index is 12.0. The van der Waals surface area contributed by atoms with Gasteiger partial charge in [0.25, 0.3) is 5.91 Å². The molecule has 0 spiro atoms. The third-order valence-electron chi connectivity index (χ3n) is 4.78. The third kappa shape index (κ3) is 3.66. The Morgan fingerprint density at radius 3 is 2.47 bits per heavy atom. The Morgan fingerprint density at radius 1 is 1.03 bits per heavy atom. The van der Waals surface area contributed by atoms with Crippen molar-refractivity contribution in [3.8, 4) is 23.3 Å². The Labute approximate surface area is 201 Å². The van der Waals surface area contributed by atoms with Gasteiger partial charge in [-0.25, -0.2) is 0 Å². The molecule has 0 bridgehead atoms. The molecular weight excluding hydrogens is 479 g/mol. The quantitative estimate of drug-likeness (QED) is 0.379. The zero-order valence-electron chi connectivity index (χ0n) is 17.0. The van der Waals surface area contributed by atoms with E-state index in [0.29, 0.717) is 44.3 Å². The second-order valence-electron chi connectivity index (χ2n) is 6.92. The van der Waals surface area contributed by atoms with Crippen LogP contribution in [0.5, 0.6) is 0 Å². The van der Waals surface area contributed by atoms with Crippen LogP contribution in [0, 0.1) is 11.3 Å². The molecule has 0 aliphatic carbocycles. The van der Waals surface area contributed by atoms with Crippen LogP contribution in [-0.4, -0.2) is 40.5 Å². The molecule has 5 aromatic rings. The van der Waals surface area contributed by atoms with Crippen molar-refractivity contribution >= 4 is 46.3 Å². The molecule has 3 N–H and O–H groups in total. The number of benzene rings is 1. The lowest BCUT2D eigenvalue weighted by molar-refractivity contribution is 0.0996. The number of aromatic nitrogens is 7. The highest BCUT2D eigenvalue weighted by atomic mass is 35.5. The molecular formula is C21H12Cl2N10O. The average Bonchev–Trinajstić information content (AvgIpc) is 3.44. The molecule has 5 rings (SSSR count). The van der Waals surface area contributed by atoms with E-state index in [1.807, 2.05) is 0 Å². The van der Waals surface area contributed by atoms with Gasteiger partial charge in [0, 0.05) is 0 Å². The number of pyridine rings is 2. The van der Waals surface area contributed by atoms with Crippen molar-refractivity contribution in [3.05, 3.63) is 76.2 Å². The number of rotatable bonds is 5. The summed E-state index contributed by atoms with van der Waals surface area (Å²) in [6, 6.07) is 15.6. The molecule has 34 heavy (non-hydrogen) atoms. The fourth-order valence-corrected chi connectivity index (χ4v) is 3.82. The normalized spacial score (nSPS) is 10.9. The first-order chi connectivity index (χ1) is 16.5. The Kier molecular flexibility index (Phi) is 5.29. The molecule has 0 saturated carbocycles. The van der Waals surface area contributed by atoms with Crippen LogP contribution in [0.1, 0.15) is 16.2 Å². The second kappa shape index (κ2) is 8.43. The molecule has 4 aromatic heterocycles. The van der Waals surface area contributed by atoms with E-state index in [0.717, 1.165) is 4.80 Å². The number of primary amides is 1. The average molecular weight is 491 g/mol. The number of hydrogen-bond acceptors (Lipinski definition) is 8. The minimum Gasteiger partial charge on any atom is -0.364 e. The van der Waals surface area contributed by atoms with Crippen molar-refractivity contribution < 1.29 is 4.79 Å². The fraction of sp³-hybridized carbons (Fsp3) is 0. The molecule has 0 atom stereocenters. The predicted octanol–water partition coefficient (Wildman–Crippen LogP) is 3.39. The van der Waals surface area contributed by atoms with Crippen LogP contribution in [0.4, 0.5) is 11.5 Å². The van der Waals surface area contributed by atoms with Crippen LogP contribution < -0.4 is 11.1 Å². The molecule has 4 heterocycles. The molecule has 0 aliphatic heterocycles. The van der Waals surface area contributed by atoms with Crippen molar-refractivity contribution in [2.24, 2.45) is 5.73 Å². The van der Waals surface area contributed by atoms with Gasteiger partial charge in [0.2, 0.25) is 0 Å². The molecule has 13 heteroatoms. The molecule has 0 aliphatic rings. The minimum absolute atomic E-state index is 0.0951. The third-order valence-corrected chi connectivity index (χ3v) is 5.39. The summed E-state index contributed by atoms with van der Waals surface area (Å²) in [5, 5.41) is 29.6. The number of nitrogens with two attached hydrogens (primary N) is 1. The van der Waals surface area contributed by atoms with E-state index >= 15 is 0 Å². The van der Waals surface area contributed by atoms with Gasteiger partial charge in [0.15, 0.2) is 23.0 Å². The van der Waals surface area contributed by atoms with E-state index in [1.54, 1.807) is 52.9 Å². The summed E-state index contributed by atoms with van der Waals surface area (Å²) in [5.74, 6) is -0.283. The minimum atomic E-state index is -0.791. The number of nitrogens with zero attached hydrogens (tertiary/aromatic N) is 8. The van der Waals surface area contributed by atoms with Gasteiger partial charge in [-0.15, -0.1) is 25.2 Å². The summed E-state index contributed by atoms with van der Waals surface area (Å²) in [6.07, 6.45) is 1.51. The van der Waals surface area contributed by atoms with Gasteiger partial charge in [-0.05, 0) is 36.4 Å².